The second-order valence-electron chi connectivity index (χ2n) is 7.18. The smallest absolute Gasteiger partial charge is 0.283 e. The molecule has 4 rings (SSSR count). The number of carbonyl (C=O) groups excluding carboxylic acids is 2. The van der Waals surface area contributed by atoms with E-state index in [9.17, 15) is 9.59 Å². The Labute approximate surface area is 185 Å². The van der Waals surface area contributed by atoms with Gasteiger partial charge in [0.25, 0.3) is 11.8 Å². The van der Waals surface area contributed by atoms with E-state index in [1.807, 2.05) is 80.6 Å². The van der Waals surface area contributed by atoms with E-state index in [-0.39, 0.29) is 17.5 Å². The molecule has 1 aliphatic rings. The Morgan fingerprint density at radius 1 is 0.871 bits per heavy atom. The van der Waals surface area contributed by atoms with Crippen molar-refractivity contribution >= 4 is 35.0 Å². The maximum Gasteiger partial charge on any atom is 0.283 e. The van der Waals surface area contributed by atoms with Crippen molar-refractivity contribution in [3.05, 3.63) is 94.5 Å². The molecule has 31 heavy (non-hydrogen) atoms. The molecule has 1 aliphatic heterocycles. The molecule has 2 amide bonds. The van der Waals surface area contributed by atoms with Crippen LogP contribution in [-0.4, -0.2) is 18.9 Å². The maximum atomic E-state index is 13.5. The van der Waals surface area contributed by atoms with Gasteiger partial charge in [0, 0.05) is 4.90 Å². The number of imide groups is 1. The number of rotatable bonds is 6. The summed E-state index contributed by atoms with van der Waals surface area (Å²) in [7, 11) is 1.57. The lowest BCUT2D eigenvalue weighted by Gasteiger charge is -2.18. The summed E-state index contributed by atoms with van der Waals surface area (Å²) in [5.41, 5.74) is 3.38. The van der Waals surface area contributed by atoms with Crippen molar-refractivity contribution in [2.24, 2.45) is 0 Å². The van der Waals surface area contributed by atoms with Gasteiger partial charge in [-0.3, -0.25) is 9.59 Å². The lowest BCUT2D eigenvalue weighted by atomic mass is 10.1. The Bertz CT molecular complexity index is 1190. The second-order valence-corrected chi connectivity index (χ2v) is 8.26. The zero-order chi connectivity index (χ0) is 22.0. The Hall–Kier alpha value is -3.51. The molecule has 0 fully saturated rings. The Morgan fingerprint density at radius 3 is 2.29 bits per heavy atom. The van der Waals surface area contributed by atoms with Crippen molar-refractivity contribution in [1.29, 1.82) is 0 Å². The fourth-order valence-electron chi connectivity index (χ4n) is 3.48. The van der Waals surface area contributed by atoms with E-state index in [0.717, 1.165) is 16.0 Å². The molecular formula is C25H22N2O3S. The predicted molar refractivity (Wildman–Crippen MR) is 124 cm³/mol. The third-order valence-corrected chi connectivity index (χ3v) is 6.06. The molecule has 0 spiro atoms. The van der Waals surface area contributed by atoms with Gasteiger partial charge < -0.3 is 10.1 Å². The average molecular weight is 431 g/mol. The first-order valence-corrected chi connectivity index (χ1v) is 10.6. The number of carbonyl (C=O) groups is 2. The van der Waals surface area contributed by atoms with E-state index in [0.29, 0.717) is 22.0 Å². The van der Waals surface area contributed by atoms with Crippen LogP contribution < -0.4 is 15.0 Å². The van der Waals surface area contributed by atoms with Gasteiger partial charge >= 0.3 is 0 Å². The van der Waals surface area contributed by atoms with Gasteiger partial charge in [0.05, 0.1) is 18.5 Å². The van der Waals surface area contributed by atoms with Crippen LogP contribution in [0, 0.1) is 13.8 Å². The van der Waals surface area contributed by atoms with Crippen LogP contribution in [0.25, 0.3) is 0 Å². The van der Waals surface area contributed by atoms with Crippen molar-refractivity contribution in [3.63, 3.8) is 0 Å². The number of amides is 2. The Balaban J connectivity index is 1.79. The second kappa shape index (κ2) is 8.70. The molecule has 0 unspecified atom stereocenters. The van der Waals surface area contributed by atoms with E-state index >= 15 is 0 Å². The highest BCUT2D eigenvalue weighted by atomic mass is 32.2. The number of benzene rings is 3. The molecule has 3 aromatic rings. The molecule has 0 atom stereocenters. The number of thioether (sulfide) groups is 1. The minimum Gasteiger partial charge on any atom is -0.495 e. The molecule has 5 nitrogen and oxygen atoms in total. The van der Waals surface area contributed by atoms with Crippen LogP contribution in [0.3, 0.4) is 0 Å². The lowest BCUT2D eigenvalue weighted by Crippen LogP contribution is -2.33. The summed E-state index contributed by atoms with van der Waals surface area (Å²) >= 11 is 1.28. The van der Waals surface area contributed by atoms with Crippen molar-refractivity contribution in [3.8, 4) is 5.75 Å². The number of para-hydroxylation sites is 2. The summed E-state index contributed by atoms with van der Waals surface area (Å²) in [4.78, 5) is 29.4. The van der Waals surface area contributed by atoms with Crippen LogP contribution >= 0.6 is 11.8 Å². The van der Waals surface area contributed by atoms with Gasteiger partial charge in [-0.2, -0.15) is 0 Å². The average Bonchev–Trinajstić information content (AvgIpc) is 2.99. The van der Waals surface area contributed by atoms with Crippen molar-refractivity contribution < 1.29 is 14.3 Å². The van der Waals surface area contributed by atoms with Crippen molar-refractivity contribution in [2.45, 2.75) is 18.7 Å². The SMILES string of the molecule is COc1ccccc1NC1=C(Sc2ccccc2)C(=O)N(c2ccc(C)cc2C)C1=O. The molecule has 0 saturated heterocycles. The molecule has 0 aromatic heterocycles. The minimum absolute atomic E-state index is 0.239. The van der Waals surface area contributed by atoms with Gasteiger partial charge in [0.15, 0.2) is 0 Å². The summed E-state index contributed by atoms with van der Waals surface area (Å²) in [6, 6.07) is 22.5. The van der Waals surface area contributed by atoms with Gasteiger partial charge in [0.1, 0.15) is 16.4 Å². The molecule has 156 valence electrons. The number of anilines is 2. The first-order valence-electron chi connectivity index (χ1n) is 9.83. The van der Waals surface area contributed by atoms with E-state index in [1.165, 1.54) is 16.7 Å². The number of hydrogen-bond donors (Lipinski definition) is 1. The zero-order valence-electron chi connectivity index (χ0n) is 17.5. The summed E-state index contributed by atoms with van der Waals surface area (Å²) < 4.78 is 5.41. The van der Waals surface area contributed by atoms with E-state index in [4.69, 9.17) is 4.74 Å². The third kappa shape index (κ3) is 4.07. The van der Waals surface area contributed by atoms with Crippen molar-refractivity contribution in [1.82, 2.24) is 0 Å². The van der Waals surface area contributed by atoms with Crippen LogP contribution in [0.5, 0.6) is 5.75 Å². The number of hydrogen-bond acceptors (Lipinski definition) is 5. The monoisotopic (exact) mass is 430 g/mol. The molecule has 0 saturated carbocycles. The first kappa shape index (κ1) is 20.8. The third-order valence-electron chi connectivity index (χ3n) is 4.96. The zero-order valence-corrected chi connectivity index (χ0v) is 18.3. The maximum absolute atomic E-state index is 13.5. The summed E-state index contributed by atoms with van der Waals surface area (Å²) in [5.74, 6) is -0.145. The number of nitrogens with zero attached hydrogens (tertiary/aromatic N) is 1. The standard InChI is InChI=1S/C25H22N2O3S/c1-16-13-14-20(17(2)15-16)27-24(28)22(26-19-11-7-8-12-21(19)30-3)23(25(27)29)31-18-9-5-4-6-10-18/h4-15,26H,1-3H3. The van der Waals surface area contributed by atoms with Crippen molar-refractivity contribution in [2.75, 3.05) is 17.3 Å². The van der Waals surface area contributed by atoms with E-state index in [1.54, 1.807) is 13.2 Å². The van der Waals surface area contributed by atoms with Gasteiger partial charge in [-0.25, -0.2) is 4.90 Å². The summed E-state index contributed by atoms with van der Waals surface area (Å²) in [5, 5.41) is 3.16. The van der Waals surface area contributed by atoms with Crippen LogP contribution in [0.1, 0.15) is 11.1 Å². The topological polar surface area (TPSA) is 58.6 Å². The fraction of sp³-hybridized carbons (Fsp3) is 0.120. The highest BCUT2D eigenvalue weighted by molar-refractivity contribution is 8.04. The van der Waals surface area contributed by atoms with Gasteiger partial charge in [-0.1, -0.05) is 59.8 Å². The van der Waals surface area contributed by atoms with E-state index < -0.39 is 0 Å². The summed E-state index contributed by atoms with van der Waals surface area (Å²) in [6.07, 6.45) is 0. The highest BCUT2D eigenvalue weighted by Gasteiger charge is 2.41. The minimum atomic E-state index is -0.388. The molecule has 6 heteroatoms. The number of ether oxygens (including phenoxy) is 1. The van der Waals surface area contributed by atoms with E-state index in [2.05, 4.69) is 5.32 Å². The normalized spacial score (nSPS) is 13.7. The number of aryl methyl sites for hydroxylation is 2. The molecule has 0 bridgehead atoms. The van der Waals surface area contributed by atoms with Crippen LogP contribution in [-0.2, 0) is 9.59 Å². The predicted octanol–water partition coefficient (Wildman–Crippen LogP) is 5.30. The van der Waals surface area contributed by atoms with Crippen LogP contribution in [0.2, 0.25) is 0 Å². The molecule has 0 aliphatic carbocycles. The summed E-state index contributed by atoms with van der Waals surface area (Å²) in [6.45, 7) is 3.88. The Kier molecular flexibility index (Phi) is 5.82. The molecule has 3 aromatic carbocycles. The molecule has 1 N–H and O–H groups in total. The van der Waals surface area contributed by atoms with Gasteiger partial charge in [-0.15, -0.1) is 0 Å². The molecular weight excluding hydrogens is 408 g/mol. The fourth-order valence-corrected chi connectivity index (χ4v) is 4.43. The molecule has 1 heterocycles. The quantitative estimate of drug-likeness (QED) is 0.538. The van der Waals surface area contributed by atoms with Gasteiger partial charge in [-0.05, 0) is 49.7 Å². The Morgan fingerprint density at radius 2 is 1.58 bits per heavy atom. The van der Waals surface area contributed by atoms with Crippen LogP contribution in [0.15, 0.2) is 88.3 Å². The first-order chi connectivity index (χ1) is 15.0. The largest absolute Gasteiger partial charge is 0.495 e. The molecule has 0 radical (unpaired) electrons. The van der Waals surface area contributed by atoms with Gasteiger partial charge in [0.2, 0.25) is 0 Å². The number of methoxy groups -OCH3 is 1. The lowest BCUT2D eigenvalue weighted by molar-refractivity contribution is -0.120. The number of nitrogens with one attached hydrogen (secondary N) is 1. The van der Waals surface area contributed by atoms with Crippen LogP contribution in [0.4, 0.5) is 11.4 Å². The highest BCUT2D eigenvalue weighted by Crippen LogP contribution is 2.39.